The van der Waals surface area contributed by atoms with Crippen molar-refractivity contribution in [2.24, 2.45) is 0 Å². The maximum absolute atomic E-state index is 11.7. The van der Waals surface area contributed by atoms with Crippen LogP contribution in [0.2, 0.25) is 0 Å². The Kier molecular flexibility index (Phi) is 2.94. The molecule has 21 heavy (non-hydrogen) atoms. The summed E-state index contributed by atoms with van der Waals surface area (Å²) in [6.07, 6.45) is 0. The van der Waals surface area contributed by atoms with Crippen LogP contribution in [0.3, 0.4) is 0 Å². The van der Waals surface area contributed by atoms with Gasteiger partial charge >= 0.3 is 0 Å². The second kappa shape index (κ2) is 4.78. The van der Waals surface area contributed by atoms with E-state index in [0.29, 0.717) is 22.4 Å². The Hall–Kier alpha value is -3.09. The van der Waals surface area contributed by atoms with Gasteiger partial charge in [-0.15, -0.1) is 0 Å². The van der Waals surface area contributed by atoms with E-state index in [-0.39, 0.29) is 22.9 Å². The average molecular weight is 284 g/mol. The third-order valence-electron chi connectivity index (χ3n) is 3.07. The smallest absolute Gasteiger partial charge is 0.261 e. The minimum absolute atomic E-state index is 0.00739. The quantitative estimate of drug-likeness (QED) is 0.653. The number of phenolic OH excluding ortho intramolecular Hbond substituents is 1. The second-order valence-electron chi connectivity index (χ2n) is 4.40. The number of H-pyrrole nitrogens is 1. The Labute approximate surface area is 119 Å². The first-order valence-corrected chi connectivity index (χ1v) is 6.12. The topological polar surface area (TPSA) is 114 Å². The van der Waals surface area contributed by atoms with Crippen molar-refractivity contribution in [2.75, 3.05) is 12.8 Å². The number of aromatic amines is 1. The summed E-state index contributed by atoms with van der Waals surface area (Å²) >= 11 is 0. The second-order valence-corrected chi connectivity index (χ2v) is 4.40. The summed E-state index contributed by atoms with van der Waals surface area (Å²) in [6, 6.07) is 8.02. The third-order valence-corrected chi connectivity index (χ3v) is 3.07. The largest absolute Gasteiger partial charge is 0.507 e. The molecule has 1 aromatic carbocycles. The van der Waals surface area contributed by atoms with Gasteiger partial charge in [0, 0.05) is 5.56 Å². The van der Waals surface area contributed by atoms with Gasteiger partial charge in [0.15, 0.2) is 5.65 Å². The first-order chi connectivity index (χ1) is 10.1. The predicted octanol–water partition coefficient (Wildman–Crippen LogP) is 1.28. The highest BCUT2D eigenvalue weighted by Crippen LogP contribution is 2.31. The van der Waals surface area contributed by atoms with Gasteiger partial charge < -0.3 is 15.6 Å². The number of nitrogen functional groups attached to an aromatic ring is 1. The molecule has 0 radical (unpaired) electrons. The first kappa shape index (κ1) is 12.9. The highest BCUT2D eigenvalue weighted by Gasteiger charge is 2.10. The van der Waals surface area contributed by atoms with Gasteiger partial charge in [-0.3, -0.25) is 9.78 Å². The van der Waals surface area contributed by atoms with Crippen molar-refractivity contribution in [3.63, 3.8) is 0 Å². The normalized spacial score (nSPS) is 10.7. The monoisotopic (exact) mass is 284 g/mol. The molecule has 7 heteroatoms. The van der Waals surface area contributed by atoms with Crippen LogP contribution >= 0.6 is 0 Å². The summed E-state index contributed by atoms with van der Waals surface area (Å²) in [6.45, 7) is 0. The number of anilines is 1. The molecule has 0 saturated carbocycles. The molecule has 0 bridgehead atoms. The van der Waals surface area contributed by atoms with Crippen LogP contribution in [-0.2, 0) is 0 Å². The number of hydrogen-bond acceptors (Lipinski definition) is 6. The molecule has 2 aromatic heterocycles. The van der Waals surface area contributed by atoms with Gasteiger partial charge in [-0.05, 0) is 30.3 Å². The van der Waals surface area contributed by atoms with E-state index < -0.39 is 0 Å². The Morgan fingerprint density at radius 1 is 1.24 bits per heavy atom. The molecule has 0 atom stereocenters. The van der Waals surface area contributed by atoms with Gasteiger partial charge in [-0.25, -0.2) is 4.98 Å². The predicted molar refractivity (Wildman–Crippen MR) is 78.2 cm³/mol. The number of pyridine rings is 1. The molecule has 0 aliphatic rings. The zero-order valence-corrected chi connectivity index (χ0v) is 11.1. The number of rotatable bonds is 2. The lowest BCUT2D eigenvalue weighted by Gasteiger charge is -2.07. The number of phenols is 1. The average Bonchev–Trinajstić information content (AvgIpc) is 2.47. The van der Waals surface area contributed by atoms with Crippen LogP contribution in [0, 0.1) is 0 Å². The summed E-state index contributed by atoms with van der Waals surface area (Å²) in [7, 11) is 1.53. The molecular formula is C14H12N4O3. The van der Waals surface area contributed by atoms with Gasteiger partial charge in [0.2, 0.25) is 5.95 Å². The summed E-state index contributed by atoms with van der Waals surface area (Å²) < 4.78 is 5.13. The molecule has 0 amide bonds. The lowest BCUT2D eigenvalue weighted by atomic mass is 10.1. The van der Waals surface area contributed by atoms with Gasteiger partial charge in [0.1, 0.15) is 11.5 Å². The van der Waals surface area contributed by atoms with E-state index in [1.807, 2.05) is 0 Å². The van der Waals surface area contributed by atoms with Gasteiger partial charge in [0.05, 0.1) is 18.2 Å². The number of ether oxygens (including phenoxy) is 1. The summed E-state index contributed by atoms with van der Waals surface area (Å²) in [5, 5.41) is 10.3. The van der Waals surface area contributed by atoms with E-state index in [2.05, 4.69) is 15.0 Å². The number of aromatic nitrogens is 3. The molecule has 0 aliphatic heterocycles. The molecule has 0 saturated heterocycles. The number of nitrogens with two attached hydrogens (primary N) is 1. The number of methoxy groups -OCH3 is 1. The Balaban J connectivity index is 2.24. The fourth-order valence-electron chi connectivity index (χ4n) is 2.03. The summed E-state index contributed by atoms with van der Waals surface area (Å²) in [5.41, 5.74) is 6.33. The lowest BCUT2D eigenvalue weighted by molar-refractivity contribution is 0.412. The highest BCUT2D eigenvalue weighted by atomic mass is 16.5. The molecule has 0 aliphatic carbocycles. The summed E-state index contributed by atoms with van der Waals surface area (Å²) in [5.74, 6) is 0.635. The number of aromatic hydroxyl groups is 1. The molecule has 3 rings (SSSR count). The molecule has 3 aromatic rings. The number of nitrogens with zero attached hydrogens (tertiary/aromatic N) is 2. The molecule has 106 valence electrons. The minimum Gasteiger partial charge on any atom is -0.507 e. The van der Waals surface area contributed by atoms with Crippen molar-refractivity contribution in [3.8, 4) is 22.8 Å². The van der Waals surface area contributed by atoms with Gasteiger partial charge in [-0.1, -0.05) is 0 Å². The Morgan fingerprint density at radius 3 is 2.81 bits per heavy atom. The summed E-state index contributed by atoms with van der Waals surface area (Å²) in [4.78, 5) is 22.4. The molecule has 0 spiro atoms. The molecule has 0 unspecified atom stereocenters. The maximum Gasteiger partial charge on any atom is 0.261 e. The third kappa shape index (κ3) is 2.25. The van der Waals surface area contributed by atoms with Gasteiger partial charge in [-0.2, -0.15) is 4.98 Å². The van der Waals surface area contributed by atoms with E-state index in [0.717, 1.165) is 0 Å². The zero-order valence-electron chi connectivity index (χ0n) is 11.1. The molecule has 0 fully saturated rings. The minimum atomic E-state index is -0.355. The van der Waals surface area contributed by atoms with Crippen LogP contribution in [0.5, 0.6) is 11.5 Å². The van der Waals surface area contributed by atoms with Crippen molar-refractivity contribution in [3.05, 3.63) is 40.7 Å². The van der Waals surface area contributed by atoms with Crippen molar-refractivity contribution in [1.82, 2.24) is 15.0 Å². The van der Waals surface area contributed by atoms with Crippen molar-refractivity contribution in [2.45, 2.75) is 0 Å². The van der Waals surface area contributed by atoms with Crippen LogP contribution in [0.1, 0.15) is 0 Å². The number of hydrogen-bond donors (Lipinski definition) is 3. The SMILES string of the molecule is COc1ccc(O)c(-c2ccc3c(=O)[nH]c(N)nc3n2)c1. The van der Waals surface area contributed by atoms with Crippen LogP contribution in [-0.4, -0.2) is 27.2 Å². The van der Waals surface area contributed by atoms with Crippen molar-refractivity contribution >= 4 is 17.0 Å². The molecule has 7 nitrogen and oxygen atoms in total. The lowest BCUT2D eigenvalue weighted by Crippen LogP contribution is -2.12. The van der Waals surface area contributed by atoms with E-state index in [1.165, 1.54) is 13.2 Å². The molecule has 4 N–H and O–H groups in total. The van der Waals surface area contributed by atoms with E-state index in [4.69, 9.17) is 10.5 Å². The number of nitrogens with one attached hydrogen (secondary N) is 1. The maximum atomic E-state index is 11.7. The molecular weight excluding hydrogens is 272 g/mol. The standard InChI is InChI=1S/C14H12N4O3/c1-21-7-2-5-11(19)9(6-7)10-4-3-8-12(16-10)17-14(15)18-13(8)20/h2-6,19H,1H3,(H3,15,16,17,18,20). The fourth-order valence-corrected chi connectivity index (χ4v) is 2.03. The van der Waals surface area contributed by atoms with Crippen LogP contribution in [0.25, 0.3) is 22.3 Å². The van der Waals surface area contributed by atoms with Crippen LogP contribution in [0.15, 0.2) is 35.1 Å². The van der Waals surface area contributed by atoms with E-state index in [9.17, 15) is 9.90 Å². The Bertz CT molecular complexity index is 889. The first-order valence-electron chi connectivity index (χ1n) is 6.12. The number of benzene rings is 1. The highest BCUT2D eigenvalue weighted by molar-refractivity contribution is 5.79. The van der Waals surface area contributed by atoms with E-state index >= 15 is 0 Å². The van der Waals surface area contributed by atoms with Crippen LogP contribution < -0.4 is 16.0 Å². The van der Waals surface area contributed by atoms with Crippen LogP contribution in [0.4, 0.5) is 5.95 Å². The molecule has 2 heterocycles. The Morgan fingerprint density at radius 2 is 2.05 bits per heavy atom. The number of fused-ring (bicyclic) bond motifs is 1. The van der Waals surface area contributed by atoms with Crippen molar-refractivity contribution < 1.29 is 9.84 Å². The van der Waals surface area contributed by atoms with Crippen molar-refractivity contribution in [1.29, 1.82) is 0 Å². The van der Waals surface area contributed by atoms with Gasteiger partial charge in [0.25, 0.3) is 5.56 Å². The zero-order chi connectivity index (χ0) is 15.0. The van der Waals surface area contributed by atoms with E-state index in [1.54, 1.807) is 24.3 Å². The fraction of sp³-hybridized carbons (Fsp3) is 0.0714.